The smallest absolute Gasteiger partial charge is 0.267 e. The van der Waals surface area contributed by atoms with Gasteiger partial charge in [0.25, 0.3) is 12.6 Å². The number of carbonyl (C=O) groups excluding carboxylic acids is 4. The largest absolute Gasteiger partial charge is 0.489 e. The van der Waals surface area contributed by atoms with Crippen LogP contribution in [0.25, 0.3) is 0 Å². The summed E-state index contributed by atoms with van der Waals surface area (Å²) in [6.07, 6.45) is 7.22. The first-order valence-electron chi connectivity index (χ1n) is 13.2. The molecule has 2 fully saturated rings. The van der Waals surface area contributed by atoms with Gasteiger partial charge in [-0.05, 0) is 56.3 Å². The average Bonchev–Trinajstić information content (AvgIpc) is 2.92. The predicted octanol–water partition coefficient (Wildman–Crippen LogP) is 2.50. The van der Waals surface area contributed by atoms with Gasteiger partial charge in [-0.1, -0.05) is 31.5 Å². The molecule has 1 aromatic rings. The number of likely N-dealkylation sites (N-methyl/N-ethyl adjacent to an activating group) is 1. The van der Waals surface area contributed by atoms with Crippen LogP contribution in [0.1, 0.15) is 54.4 Å². The van der Waals surface area contributed by atoms with Crippen molar-refractivity contribution in [1.82, 2.24) is 15.1 Å². The van der Waals surface area contributed by atoms with Crippen molar-refractivity contribution >= 4 is 31.2 Å². The first kappa shape index (κ1) is 28.4. The third-order valence-electron chi connectivity index (χ3n) is 7.54. The van der Waals surface area contributed by atoms with Crippen molar-refractivity contribution in [2.75, 3.05) is 26.7 Å². The monoisotopic (exact) mass is 508 g/mol. The van der Waals surface area contributed by atoms with Crippen LogP contribution in [0.3, 0.4) is 0 Å². The lowest BCUT2D eigenvalue weighted by Gasteiger charge is -2.36. The number of piperidine rings is 1. The van der Waals surface area contributed by atoms with Gasteiger partial charge in [0.15, 0.2) is 0 Å². The number of nitriles is 1. The van der Waals surface area contributed by atoms with Crippen LogP contribution in [0.15, 0.2) is 18.2 Å². The molecule has 3 rings (SSSR count). The van der Waals surface area contributed by atoms with E-state index < -0.39 is 17.9 Å². The van der Waals surface area contributed by atoms with Crippen LogP contribution in [0.4, 0.5) is 0 Å². The Kier molecular flexibility index (Phi) is 10.7. The molecule has 0 saturated carbocycles. The summed E-state index contributed by atoms with van der Waals surface area (Å²) in [6, 6.07) is 4.17. The second-order valence-electron chi connectivity index (χ2n) is 10.2. The molecule has 198 valence electrons. The number of nitrogens with zero attached hydrogens (tertiary/aromatic N) is 3. The number of ether oxygens (including phenoxy) is 1. The predicted molar refractivity (Wildman–Crippen MR) is 140 cm³/mol. The molecule has 0 spiro atoms. The highest BCUT2D eigenvalue weighted by atomic mass is 16.5. The van der Waals surface area contributed by atoms with E-state index in [0.717, 1.165) is 62.9 Å². The number of carbonyl (C=O) groups is 4. The van der Waals surface area contributed by atoms with Crippen molar-refractivity contribution in [1.29, 1.82) is 5.26 Å². The van der Waals surface area contributed by atoms with Crippen molar-refractivity contribution in [3.8, 4) is 11.7 Å². The number of rotatable bonds is 11. The van der Waals surface area contributed by atoms with Gasteiger partial charge >= 0.3 is 0 Å². The maximum atomic E-state index is 13.3. The lowest BCUT2D eigenvalue weighted by molar-refractivity contribution is -0.131. The zero-order chi connectivity index (χ0) is 26.8. The summed E-state index contributed by atoms with van der Waals surface area (Å²) in [4.78, 5) is 51.7. The van der Waals surface area contributed by atoms with Crippen LogP contribution in [0.2, 0.25) is 12.6 Å². The summed E-state index contributed by atoms with van der Waals surface area (Å²) >= 11 is 0. The Morgan fingerprint density at radius 1 is 1.30 bits per heavy atom. The highest BCUT2D eigenvalue weighted by Gasteiger charge is 2.31. The van der Waals surface area contributed by atoms with Gasteiger partial charge in [0, 0.05) is 38.1 Å². The molecule has 2 unspecified atom stereocenters. The van der Waals surface area contributed by atoms with E-state index in [1.807, 2.05) is 6.07 Å². The molecule has 3 amide bonds. The fourth-order valence-electron chi connectivity index (χ4n) is 5.40. The molecular weight excluding hydrogens is 471 g/mol. The van der Waals surface area contributed by atoms with Gasteiger partial charge < -0.3 is 14.8 Å². The van der Waals surface area contributed by atoms with E-state index in [1.54, 1.807) is 19.1 Å². The number of benzene rings is 1. The highest BCUT2D eigenvalue weighted by molar-refractivity contribution is 6.67. The molecule has 0 bridgehead atoms. The summed E-state index contributed by atoms with van der Waals surface area (Å²) in [7, 11) is 1.42. The summed E-state index contributed by atoms with van der Waals surface area (Å²) in [5, 5.41) is 11.6. The number of aryl methyl sites for hydroxylation is 1. The lowest BCUT2D eigenvalue weighted by atomic mass is 9.42. The Balaban J connectivity index is 1.66. The van der Waals surface area contributed by atoms with Gasteiger partial charge in [0.1, 0.15) is 24.2 Å². The SMILES string of the molecule is CNC(=O)C(CCC=O)N(C=O)C(=O)c1cc(OC2CCCN(CC3CCB(C#N)CC3)C2)ccc1C. The second kappa shape index (κ2) is 13.9. The molecule has 0 aromatic heterocycles. The van der Waals surface area contributed by atoms with Crippen molar-refractivity contribution in [2.24, 2.45) is 5.92 Å². The quantitative estimate of drug-likeness (QED) is 0.360. The van der Waals surface area contributed by atoms with Gasteiger partial charge in [0.2, 0.25) is 12.3 Å². The van der Waals surface area contributed by atoms with E-state index in [0.29, 0.717) is 29.9 Å². The molecule has 0 aliphatic carbocycles. The van der Waals surface area contributed by atoms with E-state index in [-0.39, 0.29) is 31.2 Å². The molecular formula is C27H37BN4O5. The van der Waals surface area contributed by atoms with Crippen molar-refractivity contribution < 1.29 is 23.9 Å². The second-order valence-corrected chi connectivity index (χ2v) is 10.2. The van der Waals surface area contributed by atoms with Crippen LogP contribution in [0.5, 0.6) is 5.75 Å². The maximum absolute atomic E-state index is 13.3. The van der Waals surface area contributed by atoms with Crippen molar-refractivity contribution in [3.05, 3.63) is 29.3 Å². The summed E-state index contributed by atoms with van der Waals surface area (Å²) in [6.45, 7) is 4.83. The highest BCUT2D eigenvalue weighted by Crippen LogP contribution is 2.28. The van der Waals surface area contributed by atoms with Crippen molar-refractivity contribution in [3.63, 3.8) is 0 Å². The number of hydrogen-bond acceptors (Lipinski definition) is 7. The minimum absolute atomic E-state index is 0.0109. The van der Waals surface area contributed by atoms with Gasteiger partial charge in [0.05, 0.1) is 0 Å². The number of aldehydes is 1. The molecule has 1 aromatic carbocycles. The number of imide groups is 1. The Labute approximate surface area is 219 Å². The Hall–Kier alpha value is -3.19. The first-order chi connectivity index (χ1) is 17.9. The molecule has 2 aliphatic rings. The topological polar surface area (TPSA) is 120 Å². The van der Waals surface area contributed by atoms with E-state index >= 15 is 0 Å². The van der Waals surface area contributed by atoms with Crippen LogP contribution < -0.4 is 10.1 Å². The standard InChI is InChI=1S/C27H37BN4O5/c1-20-7-8-22(15-24(20)27(36)32(19-34)25(6-4-14-33)26(35)30-2)37-23-5-3-13-31(17-23)16-21-9-11-28(18-29)12-10-21/h7-8,14-15,19,21,23,25H,3-6,9-13,16-17H2,1-2H3,(H,30,35). The van der Waals surface area contributed by atoms with Gasteiger partial charge in [-0.25, -0.2) is 5.26 Å². The van der Waals surface area contributed by atoms with Gasteiger partial charge in [-0.3, -0.25) is 24.2 Å². The Morgan fingerprint density at radius 2 is 2.05 bits per heavy atom. The molecule has 2 atom stereocenters. The number of amides is 3. The fourth-order valence-corrected chi connectivity index (χ4v) is 5.40. The Bertz CT molecular complexity index is 1010. The van der Waals surface area contributed by atoms with Crippen LogP contribution in [-0.4, -0.2) is 79.9 Å². The molecule has 2 saturated heterocycles. The summed E-state index contributed by atoms with van der Waals surface area (Å²) in [5.74, 6) is 2.46. The Morgan fingerprint density at radius 3 is 2.70 bits per heavy atom. The molecule has 10 heteroatoms. The molecule has 9 nitrogen and oxygen atoms in total. The van der Waals surface area contributed by atoms with Gasteiger partial charge in [-0.2, -0.15) is 0 Å². The fraction of sp³-hybridized carbons (Fsp3) is 0.593. The molecule has 37 heavy (non-hydrogen) atoms. The summed E-state index contributed by atoms with van der Waals surface area (Å²) < 4.78 is 6.29. The van der Waals surface area contributed by atoms with Crippen LogP contribution >= 0.6 is 0 Å². The average molecular weight is 508 g/mol. The third-order valence-corrected chi connectivity index (χ3v) is 7.54. The minimum Gasteiger partial charge on any atom is -0.489 e. The lowest BCUT2D eigenvalue weighted by Crippen LogP contribution is -2.48. The molecule has 1 N–H and O–H groups in total. The molecule has 2 heterocycles. The minimum atomic E-state index is -1.07. The first-order valence-corrected chi connectivity index (χ1v) is 13.2. The van der Waals surface area contributed by atoms with Crippen LogP contribution in [-0.2, 0) is 14.4 Å². The summed E-state index contributed by atoms with van der Waals surface area (Å²) in [5.41, 5.74) is 0.944. The van der Waals surface area contributed by atoms with Crippen molar-refractivity contribution in [2.45, 2.75) is 70.2 Å². The number of nitrogens with one attached hydrogen (secondary N) is 1. The van der Waals surface area contributed by atoms with E-state index in [9.17, 15) is 19.2 Å². The third kappa shape index (κ3) is 7.65. The van der Waals surface area contributed by atoms with Crippen LogP contribution in [0, 0.1) is 24.1 Å². The molecule has 2 aliphatic heterocycles. The normalized spacial score (nSPS) is 19.4. The van der Waals surface area contributed by atoms with E-state index in [1.165, 1.54) is 7.05 Å². The zero-order valence-electron chi connectivity index (χ0n) is 21.9. The van der Waals surface area contributed by atoms with E-state index in [4.69, 9.17) is 10.00 Å². The number of hydrogen-bond donors (Lipinski definition) is 1. The number of likely N-dealkylation sites (tertiary alicyclic amines) is 1. The zero-order valence-corrected chi connectivity index (χ0v) is 21.9. The van der Waals surface area contributed by atoms with E-state index in [2.05, 4.69) is 16.2 Å². The maximum Gasteiger partial charge on any atom is 0.267 e. The van der Waals surface area contributed by atoms with Gasteiger partial charge in [-0.15, -0.1) is 0 Å². The molecule has 0 radical (unpaired) electrons.